The average molecular weight is 315 g/mol. The Morgan fingerprint density at radius 1 is 1.27 bits per heavy atom. The van der Waals surface area contributed by atoms with E-state index in [1.54, 1.807) is 12.1 Å². The summed E-state index contributed by atoms with van der Waals surface area (Å²) in [5.41, 5.74) is 1.09. The first-order valence-electron chi connectivity index (χ1n) is 7.36. The number of halogens is 3. The maximum Gasteiger partial charge on any atom is 0.391 e. The number of hydrogen-bond acceptors (Lipinski definition) is 2. The molecule has 1 aliphatic carbocycles. The quantitative estimate of drug-likeness (QED) is 0.915. The highest BCUT2D eigenvalue weighted by Crippen LogP contribution is 2.38. The lowest BCUT2D eigenvalue weighted by atomic mass is 9.85. The topological polar surface area (TPSA) is 40.5 Å². The average Bonchev–Trinajstić information content (AvgIpc) is 2.46. The molecule has 0 heterocycles. The van der Waals surface area contributed by atoms with Gasteiger partial charge in [0.25, 0.3) is 0 Å². The highest BCUT2D eigenvalue weighted by Gasteiger charge is 2.41. The monoisotopic (exact) mass is 315 g/mol. The van der Waals surface area contributed by atoms with E-state index in [2.05, 4.69) is 0 Å². The molecule has 1 aliphatic rings. The first-order valence-corrected chi connectivity index (χ1v) is 7.36. The van der Waals surface area contributed by atoms with Crippen LogP contribution in [0.25, 0.3) is 0 Å². The molecular weight excluding hydrogens is 295 g/mol. The first kappa shape index (κ1) is 16.8. The summed E-state index contributed by atoms with van der Waals surface area (Å²) in [5.74, 6) is -2.15. The van der Waals surface area contributed by atoms with Crippen molar-refractivity contribution in [3.63, 3.8) is 0 Å². The number of carboxylic acid groups (broad SMARTS) is 1. The molecule has 0 saturated heterocycles. The van der Waals surface area contributed by atoms with Crippen LogP contribution in [0.3, 0.4) is 0 Å². The molecule has 2 rings (SSSR count). The molecule has 1 saturated carbocycles. The van der Waals surface area contributed by atoms with Gasteiger partial charge in [0.05, 0.1) is 11.5 Å². The van der Waals surface area contributed by atoms with E-state index in [0.29, 0.717) is 19.4 Å². The van der Waals surface area contributed by atoms with Crippen LogP contribution in [0.15, 0.2) is 24.3 Å². The first-order chi connectivity index (χ1) is 10.3. The van der Waals surface area contributed by atoms with Crippen LogP contribution in [0.2, 0.25) is 0 Å². The third-order valence-electron chi connectivity index (χ3n) is 4.39. The van der Waals surface area contributed by atoms with E-state index in [9.17, 15) is 18.0 Å². The predicted octanol–water partition coefficient (Wildman–Crippen LogP) is 3.94. The standard InChI is InChI=1S/C16H20F3NO2/c1-20(10-11-3-2-4-12(9-11)15(21)22)14-7-5-13(6-8-14)16(17,18)19/h2-4,9,13-14H,5-8,10H2,1H3,(H,21,22). The summed E-state index contributed by atoms with van der Waals surface area (Å²) < 4.78 is 38.0. The highest BCUT2D eigenvalue weighted by molar-refractivity contribution is 5.87. The van der Waals surface area contributed by atoms with Gasteiger partial charge in [0.2, 0.25) is 0 Å². The number of benzene rings is 1. The number of nitrogens with zero attached hydrogens (tertiary/aromatic N) is 1. The molecule has 0 unspecified atom stereocenters. The van der Waals surface area contributed by atoms with Crippen LogP contribution in [0, 0.1) is 5.92 Å². The van der Waals surface area contributed by atoms with Crippen molar-refractivity contribution in [2.75, 3.05) is 7.05 Å². The molecule has 0 atom stereocenters. The predicted molar refractivity (Wildman–Crippen MR) is 76.7 cm³/mol. The summed E-state index contributed by atoms with van der Waals surface area (Å²) >= 11 is 0. The van der Waals surface area contributed by atoms with Gasteiger partial charge in [-0.1, -0.05) is 12.1 Å². The van der Waals surface area contributed by atoms with Gasteiger partial charge in [-0.3, -0.25) is 4.90 Å². The van der Waals surface area contributed by atoms with E-state index in [1.165, 1.54) is 6.07 Å². The summed E-state index contributed by atoms with van der Waals surface area (Å²) in [6, 6.07) is 6.78. The zero-order valence-corrected chi connectivity index (χ0v) is 12.4. The summed E-state index contributed by atoms with van der Waals surface area (Å²) in [4.78, 5) is 13.0. The van der Waals surface area contributed by atoms with Crippen molar-refractivity contribution in [2.45, 2.75) is 44.4 Å². The van der Waals surface area contributed by atoms with E-state index in [4.69, 9.17) is 5.11 Å². The molecule has 0 spiro atoms. The maximum atomic E-state index is 12.7. The van der Waals surface area contributed by atoms with Gasteiger partial charge in [-0.15, -0.1) is 0 Å². The highest BCUT2D eigenvalue weighted by atomic mass is 19.4. The molecule has 1 N–H and O–H groups in total. The van der Waals surface area contributed by atoms with Gasteiger partial charge in [-0.25, -0.2) is 4.79 Å². The van der Waals surface area contributed by atoms with Crippen LogP contribution in [-0.4, -0.2) is 35.2 Å². The van der Waals surface area contributed by atoms with Crippen LogP contribution in [0.4, 0.5) is 13.2 Å². The molecule has 1 fully saturated rings. The number of rotatable bonds is 4. The van der Waals surface area contributed by atoms with Crippen molar-refractivity contribution in [3.05, 3.63) is 35.4 Å². The van der Waals surface area contributed by atoms with Crippen LogP contribution < -0.4 is 0 Å². The van der Waals surface area contributed by atoms with Gasteiger partial charge in [-0.2, -0.15) is 13.2 Å². The Morgan fingerprint density at radius 2 is 1.91 bits per heavy atom. The Labute approximate surface area is 127 Å². The van der Waals surface area contributed by atoms with Gasteiger partial charge in [0.1, 0.15) is 0 Å². The Balaban J connectivity index is 1.92. The van der Waals surface area contributed by atoms with Crippen molar-refractivity contribution in [1.82, 2.24) is 4.90 Å². The van der Waals surface area contributed by atoms with E-state index >= 15 is 0 Å². The summed E-state index contributed by atoms with van der Waals surface area (Å²) in [6.45, 7) is 0.544. The minimum absolute atomic E-state index is 0.118. The lowest BCUT2D eigenvalue weighted by Crippen LogP contribution is -2.37. The molecule has 0 aromatic heterocycles. The summed E-state index contributed by atoms with van der Waals surface area (Å²) in [5, 5.41) is 8.98. The minimum Gasteiger partial charge on any atom is -0.478 e. The molecule has 1 aromatic rings. The van der Waals surface area contributed by atoms with Crippen LogP contribution in [0.1, 0.15) is 41.6 Å². The van der Waals surface area contributed by atoms with Gasteiger partial charge in [-0.05, 0) is 50.4 Å². The molecule has 6 heteroatoms. The number of carboxylic acids is 1. The van der Waals surface area contributed by atoms with Crippen molar-refractivity contribution in [3.8, 4) is 0 Å². The largest absolute Gasteiger partial charge is 0.478 e. The van der Waals surface area contributed by atoms with Crippen molar-refractivity contribution in [1.29, 1.82) is 0 Å². The van der Waals surface area contributed by atoms with Gasteiger partial charge < -0.3 is 5.11 Å². The molecular formula is C16H20F3NO2. The number of alkyl halides is 3. The van der Waals surface area contributed by atoms with Crippen molar-refractivity contribution in [2.24, 2.45) is 5.92 Å². The van der Waals surface area contributed by atoms with Gasteiger partial charge in [0.15, 0.2) is 0 Å². The van der Waals surface area contributed by atoms with Gasteiger partial charge in [0, 0.05) is 12.6 Å². The van der Waals surface area contributed by atoms with Crippen LogP contribution in [-0.2, 0) is 6.54 Å². The molecule has 0 radical (unpaired) electrons. The molecule has 0 amide bonds. The van der Waals surface area contributed by atoms with E-state index in [0.717, 1.165) is 5.56 Å². The number of hydrogen-bond donors (Lipinski definition) is 1. The Bertz CT molecular complexity index is 522. The van der Waals surface area contributed by atoms with Crippen molar-refractivity contribution < 1.29 is 23.1 Å². The Hall–Kier alpha value is -1.56. The minimum atomic E-state index is -4.08. The van der Waals surface area contributed by atoms with Gasteiger partial charge >= 0.3 is 12.1 Å². The van der Waals surface area contributed by atoms with E-state index in [1.807, 2.05) is 18.0 Å². The molecule has 122 valence electrons. The second kappa shape index (κ2) is 6.69. The Morgan fingerprint density at radius 3 is 2.45 bits per heavy atom. The summed E-state index contributed by atoms with van der Waals surface area (Å²) in [6.07, 6.45) is -2.68. The zero-order valence-electron chi connectivity index (χ0n) is 12.4. The molecule has 0 aliphatic heterocycles. The summed E-state index contributed by atoms with van der Waals surface area (Å²) in [7, 11) is 1.88. The second-order valence-electron chi connectivity index (χ2n) is 5.97. The third kappa shape index (κ3) is 4.22. The second-order valence-corrected chi connectivity index (χ2v) is 5.97. The lowest BCUT2D eigenvalue weighted by molar-refractivity contribution is -0.184. The fraction of sp³-hybridized carbons (Fsp3) is 0.562. The lowest BCUT2D eigenvalue weighted by Gasteiger charge is -2.35. The third-order valence-corrected chi connectivity index (χ3v) is 4.39. The smallest absolute Gasteiger partial charge is 0.391 e. The fourth-order valence-electron chi connectivity index (χ4n) is 3.06. The number of carbonyl (C=O) groups is 1. The SMILES string of the molecule is CN(Cc1cccc(C(=O)O)c1)C1CCC(C(F)(F)F)CC1. The molecule has 1 aromatic carbocycles. The molecule has 3 nitrogen and oxygen atoms in total. The maximum absolute atomic E-state index is 12.7. The number of aromatic carboxylic acids is 1. The van der Waals surface area contributed by atoms with Crippen LogP contribution >= 0.6 is 0 Å². The van der Waals surface area contributed by atoms with E-state index < -0.39 is 18.1 Å². The van der Waals surface area contributed by atoms with Crippen LogP contribution in [0.5, 0.6) is 0 Å². The van der Waals surface area contributed by atoms with Crippen molar-refractivity contribution >= 4 is 5.97 Å². The normalized spacial score (nSPS) is 22.8. The fourth-order valence-corrected chi connectivity index (χ4v) is 3.06. The zero-order chi connectivity index (χ0) is 16.3. The Kier molecular flexibility index (Phi) is 5.11. The van der Waals surface area contributed by atoms with E-state index in [-0.39, 0.29) is 24.4 Å². The molecule has 0 bridgehead atoms. The molecule has 22 heavy (non-hydrogen) atoms.